The largest absolute Gasteiger partial charge is 0.494 e. The van der Waals surface area contributed by atoms with Crippen molar-refractivity contribution < 1.29 is 9.53 Å². The monoisotopic (exact) mass is 463 g/mol. The number of hydrogen-bond acceptors (Lipinski definition) is 5. The molecule has 1 amide bonds. The van der Waals surface area contributed by atoms with Crippen LogP contribution in [-0.2, 0) is 4.79 Å². The van der Waals surface area contributed by atoms with E-state index >= 15 is 0 Å². The van der Waals surface area contributed by atoms with Crippen LogP contribution in [0.1, 0.15) is 39.0 Å². The number of carbonyl (C=O) groups is 1. The zero-order valence-electron chi connectivity index (χ0n) is 18.9. The molecule has 172 valence electrons. The number of carbonyl (C=O) groups excluding carboxylic acids is 1. The lowest BCUT2D eigenvalue weighted by molar-refractivity contribution is -0.118. The molecule has 1 aliphatic carbocycles. The van der Waals surface area contributed by atoms with Crippen LogP contribution in [0.15, 0.2) is 70.1 Å². The van der Waals surface area contributed by atoms with Crippen LogP contribution in [-0.4, -0.2) is 34.4 Å². The molecular weight excluding hydrogens is 434 g/mol. The third-order valence-corrected chi connectivity index (χ3v) is 6.58. The molecule has 2 aromatic carbocycles. The summed E-state index contributed by atoms with van der Waals surface area (Å²) < 4.78 is 7.09. The third kappa shape index (κ3) is 5.85. The lowest BCUT2D eigenvalue weighted by atomic mass is 9.97. The SMILES string of the molecule is CCOc1ccc(-n2c(SCC(=O)NCCC3=CCCCC3)nc3ccccc3c2=O)cc1. The van der Waals surface area contributed by atoms with E-state index in [1.807, 2.05) is 49.4 Å². The standard InChI is InChI=1S/C26H29N3O3S/c1-2-32-21-14-12-20(13-15-21)29-25(31)22-10-6-7-11-23(22)28-26(29)33-18-24(30)27-17-16-19-8-4-3-5-9-19/h6-8,10-15H,2-5,9,16-18H2,1H3,(H,27,30). The van der Waals surface area contributed by atoms with Crippen LogP contribution < -0.4 is 15.6 Å². The fraction of sp³-hybridized carbons (Fsp3) is 0.346. The van der Waals surface area contributed by atoms with Crippen LogP contribution in [0.5, 0.6) is 5.75 Å². The van der Waals surface area contributed by atoms with E-state index < -0.39 is 0 Å². The van der Waals surface area contributed by atoms with Gasteiger partial charge in [0.2, 0.25) is 5.91 Å². The van der Waals surface area contributed by atoms with Crippen molar-refractivity contribution in [1.29, 1.82) is 0 Å². The second-order valence-corrected chi connectivity index (χ2v) is 8.92. The van der Waals surface area contributed by atoms with Crippen LogP contribution in [0, 0.1) is 0 Å². The van der Waals surface area contributed by atoms with Gasteiger partial charge in [-0.15, -0.1) is 0 Å². The van der Waals surface area contributed by atoms with Crippen molar-refractivity contribution >= 4 is 28.6 Å². The van der Waals surface area contributed by atoms with E-state index in [-0.39, 0.29) is 17.2 Å². The smallest absolute Gasteiger partial charge is 0.266 e. The summed E-state index contributed by atoms with van der Waals surface area (Å²) in [6.07, 6.45) is 8.00. The predicted octanol–water partition coefficient (Wildman–Crippen LogP) is 4.88. The Kier molecular flexibility index (Phi) is 7.83. The molecule has 33 heavy (non-hydrogen) atoms. The number of nitrogens with zero attached hydrogens (tertiary/aromatic N) is 2. The van der Waals surface area contributed by atoms with Gasteiger partial charge in [-0.05, 0) is 75.4 Å². The number of aromatic nitrogens is 2. The van der Waals surface area contributed by atoms with Crippen LogP contribution in [0.25, 0.3) is 16.6 Å². The third-order valence-electron chi connectivity index (χ3n) is 5.64. The number of amides is 1. The van der Waals surface area contributed by atoms with Gasteiger partial charge < -0.3 is 10.1 Å². The number of fused-ring (bicyclic) bond motifs is 1. The molecule has 3 aromatic rings. The molecule has 0 saturated heterocycles. The zero-order valence-corrected chi connectivity index (χ0v) is 19.7. The van der Waals surface area contributed by atoms with Crippen molar-refractivity contribution in [3.8, 4) is 11.4 Å². The van der Waals surface area contributed by atoms with Crippen molar-refractivity contribution in [3.63, 3.8) is 0 Å². The minimum atomic E-state index is -0.156. The van der Waals surface area contributed by atoms with Gasteiger partial charge in [0.15, 0.2) is 5.16 Å². The van der Waals surface area contributed by atoms with E-state index in [1.54, 1.807) is 10.6 Å². The first-order chi connectivity index (χ1) is 16.2. The number of benzene rings is 2. The van der Waals surface area contributed by atoms with Gasteiger partial charge in [0.25, 0.3) is 5.56 Å². The van der Waals surface area contributed by atoms with Crippen molar-refractivity contribution in [2.45, 2.75) is 44.2 Å². The first-order valence-electron chi connectivity index (χ1n) is 11.5. The molecule has 0 spiro atoms. The molecule has 0 atom stereocenters. The minimum absolute atomic E-state index is 0.0583. The molecule has 1 aliphatic rings. The summed E-state index contributed by atoms with van der Waals surface area (Å²) in [7, 11) is 0. The highest BCUT2D eigenvalue weighted by atomic mass is 32.2. The first kappa shape index (κ1) is 23.1. The van der Waals surface area contributed by atoms with E-state index in [0.717, 1.165) is 25.0 Å². The molecule has 1 N–H and O–H groups in total. The normalized spacial score (nSPS) is 13.5. The maximum atomic E-state index is 13.3. The molecule has 0 unspecified atom stereocenters. The van der Waals surface area contributed by atoms with Gasteiger partial charge in [-0.1, -0.05) is 35.5 Å². The zero-order chi connectivity index (χ0) is 23.0. The van der Waals surface area contributed by atoms with Crippen molar-refractivity contribution in [2.75, 3.05) is 18.9 Å². The number of allylic oxidation sites excluding steroid dienone is 1. The second-order valence-electron chi connectivity index (χ2n) is 7.98. The summed E-state index contributed by atoms with van der Waals surface area (Å²) in [5.74, 6) is 0.877. The van der Waals surface area contributed by atoms with Crippen LogP contribution in [0.2, 0.25) is 0 Å². The summed E-state index contributed by atoms with van der Waals surface area (Å²) in [6, 6.07) is 14.6. The lowest BCUT2D eigenvalue weighted by Crippen LogP contribution is -2.27. The highest BCUT2D eigenvalue weighted by molar-refractivity contribution is 7.99. The number of rotatable bonds is 9. The number of thioether (sulfide) groups is 1. The number of para-hydroxylation sites is 1. The van der Waals surface area contributed by atoms with Gasteiger partial charge >= 0.3 is 0 Å². The molecule has 0 saturated carbocycles. The predicted molar refractivity (Wildman–Crippen MR) is 133 cm³/mol. The van der Waals surface area contributed by atoms with E-state index in [0.29, 0.717) is 34.9 Å². The molecule has 0 bridgehead atoms. The molecule has 4 rings (SSSR count). The number of nitrogens with one attached hydrogen (secondary N) is 1. The summed E-state index contributed by atoms with van der Waals surface area (Å²) in [5.41, 5.74) is 2.59. The number of ether oxygens (including phenoxy) is 1. The van der Waals surface area contributed by atoms with E-state index in [1.165, 1.54) is 30.2 Å². The molecule has 1 aromatic heterocycles. The van der Waals surface area contributed by atoms with Crippen LogP contribution in [0.3, 0.4) is 0 Å². The first-order valence-corrected chi connectivity index (χ1v) is 12.5. The summed E-state index contributed by atoms with van der Waals surface area (Å²) in [4.78, 5) is 30.5. The summed E-state index contributed by atoms with van der Waals surface area (Å²) in [5, 5.41) is 4.04. The average Bonchev–Trinajstić information content (AvgIpc) is 2.84. The Morgan fingerprint density at radius 1 is 1.15 bits per heavy atom. The van der Waals surface area contributed by atoms with Crippen LogP contribution >= 0.6 is 11.8 Å². The minimum Gasteiger partial charge on any atom is -0.494 e. The second kappa shape index (κ2) is 11.2. The Hall–Kier alpha value is -3.06. The van der Waals surface area contributed by atoms with Gasteiger partial charge in [-0.3, -0.25) is 14.2 Å². The van der Waals surface area contributed by atoms with Gasteiger partial charge in [0.1, 0.15) is 5.75 Å². The average molecular weight is 464 g/mol. The van der Waals surface area contributed by atoms with Crippen molar-refractivity contribution in [1.82, 2.24) is 14.9 Å². The molecule has 7 heteroatoms. The Morgan fingerprint density at radius 2 is 1.97 bits per heavy atom. The fourth-order valence-electron chi connectivity index (χ4n) is 3.97. The van der Waals surface area contributed by atoms with Gasteiger partial charge in [0.05, 0.1) is 29.0 Å². The molecular formula is C26H29N3O3S. The van der Waals surface area contributed by atoms with Crippen molar-refractivity contribution in [3.05, 3.63) is 70.5 Å². The Bertz CT molecular complexity index is 1200. The highest BCUT2D eigenvalue weighted by Gasteiger charge is 2.15. The molecule has 0 fully saturated rings. The topological polar surface area (TPSA) is 73.2 Å². The Labute approximate surface area is 198 Å². The maximum Gasteiger partial charge on any atom is 0.266 e. The summed E-state index contributed by atoms with van der Waals surface area (Å²) in [6.45, 7) is 3.14. The van der Waals surface area contributed by atoms with E-state index in [9.17, 15) is 9.59 Å². The number of hydrogen-bond donors (Lipinski definition) is 1. The summed E-state index contributed by atoms with van der Waals surface area (Å²) >= 11 is 1.27. The van der Waals surface area contributed by atoms with Crippen molar-refractivity contribution in [2.24, 2.45) is 0 Å². The maximum absolute atomic E-state index is 13.3. The Morgan fingerprint density at radius 3 is 2.73 bits per heavy atom. The van der Waals surface area contributed by atoms with E-state index in [4.69, 9.17) is 9.72 Å². The molecule has 0 aliphatic heterocycles. The van der Waals surface area contributed by atoms with Gasteiger partial charge in [-0.25, -0.2) is 4.98 Å². The molecule has 6 nitrogen and oxygen atoms in total. The Balaban J connectivity index is 1.52. The van der Waals surface area contributed by atoms with E-state index in [2.05, 4.69) is 11.4 Å². The fourth-order valence-corrected chi connectivity index (χ4v) is 4.81. The highest BCUT2D eigenvalue weighted by Crippen LogP contribution is 2.23. The lowest BCUT2D eigenvalue weighted by Gasteiger charge is -2.14. The van der Waals surface area contributed by atoms with Gasteiger partial charge in [0, 0.05) is 6.54 Å². The molecule has 1 heterocycles. The van der Waals surface area contributed by atoms with Gasteiger partial charge in [-0.2, -0.15) is 0 Å². The quantitative estimate of drug-likeness (QED) is 0.278. The molecule has 0 radical (unpaired) electrons. The van der Waals surface area contributed by atoms with Crippen LogP contribution in [0.4, 0.5) is 0 Å².